The predicted octanol–water partition coefficient (Wildman–Crippen LogP) is 18.6. The first-order chi connectivity index (χ1) is 33.5. The second kappa shape index (κ2) is 55.7. The van der Waals surface area contributed by atoms with Crippen molar-refractivity contribution in [2.75, 3.05) is 6.61 Å². The molecule has 0 aromatic heterocycles. The Hall–Kier alpha value is -2.18. The molecule has 0 fully saturated rings. The number of allylic oxidation sites excluding steroid dienone is 8. The molecule has 0 aliphatic carbocycles. The molecule has 3 atom stereocenters. The first-order valence-electron chi connectivity index (χ1n) is 29.9. The van der Waals surface area contributed by atoms with Crippen molar-refractivity contribution >= 4 is 11.9 Å². The molecule has 0 aromatic carbocycles. The van der Waals surface area contributed by atoms with E-state index in [4.69, 9.17) is 4.74 Å². The topological polar surface area (TPSA) is 95.9 Å². The molecule has 3 N–H and O–H groups in total. The third-order valence-corrected chi connectivity index (χ3v) is 13.7. The Labute approximate surface area is 423 Å². The molecule has 1 amide bonds. The number of nitrogens with one attached hydrogen (secondary N) is 1. The molecular weight excluding hydrogens is 839 g/mol. The van der Waals surface area contributed by atoms with Crippen molar-refractivity contribution in [3.05, 3.63) is 48.6 Å². The Bertz CT molecular complexity index is 1160. The van der Waals surface area contributed by atoms with Crippen molar-refractivity contribution in [2.45, 2.75) is 328 Å². The Balaban J connectivity index is 4.58. The molecule has 6 heteroatoms. The van der Waals surface area contributed by atoms with Gasteiger partial charge < -0.3 is 20.3 Å². The molecule has 0 radical (unpaired) electrons. The lowest BCUT2D eigenvalue weighted by Gasteiger charge is -2.24. The molecular formula is C62H115NO5. The SMILES string of the molecule is CCCCCCCCC/C=C/C=C/CCCCCCCC(=O)OC(CCC/C=C/C=C/CCCCCCCCC)CC(=O)NC(CO)C(O)CCCCCCCCCCCCCCCCCCC. The van der Waals surface area contributed by atoms with E-state index in [1.54, 1.807) is 0 Å². The zero-order valence-electron chi connectivity index (χ0n) is 45.5. The van der Waals surface area contributed by atoms with Gasteiger partial charge in [-0.25, -0.2) is 0 Å². The van der Waals surface area contributed by atoms with Gasteiger partial charge in [0.15, 0.2) is 0 Å². The predicted molar refractivity (Wildman–Crippen MR) is 296 cm³/mol. The summed E-state index contributed by atoms with van der Waals surface area (Å²) in [6.45, 7) is 6.49. The van der Waals surface area contributed by atoms with Crippen molar-refractivity contribution in [3.8, 4) is 0 Å². The summed E-state index contributed by atoms with van der Waals surface area (Å²) in [6.07, 6.45) is 69.0. The van der Waals surface area contributed by atoms with Gasteiger partial charge in [0.2, 0.25) is 5.91 Å². The molecule has 68 heavy (non-hydrogen) atoms. The van der Waals surface area contributed by atoms with Gasteiger partial charge in [-0.15, -0.1) is 0 Å². The minimum Gasteiger partial charge on any atom is -0.462 e. The van der Waals surface area contributed by atoms with Crippen LogP contribution in [0.3, 0.4) is 0 Å². The van der Waals surface area contributed by atoms with E-state index in [0.29, 0.717) is 19.3 Å². The van der Waals surface area contributed by atoms with Crippen molar-refractivity contribution in [1.82, 2.24) is 5.32 Å². The minimum absolute atomic E-state index is 0.0397. The molecule has 0 aromatic rings. The van der Waals surface area contributed by atoms with Crippen molar-refractivity contribution in [1.29, 1.82) is 0 Å². The number of esters is 1. The monoisotopic (exact) mass is 954 g/mol. The molecule has 0 spiro atoms. The molecule has 0 saturated heterocycles. The van der Waals surface area contributed by atoms with Gasteiger partial charge in [-0.05, 0) is 70.6 Å². The van der Waals surface area contributed by atoms with Crippen LogP contribution in [-0.4, -0.2) is 46.9 Å². The first-order valence-corrected chi connectivity index (χ1v) is 29.9. The van der Waals surface area contributed by atoms with Gasteiger partial charge in [0, 0.05) is 6.42 Å². The maximum Gasteiger partial charge on any atom is 0.306 e. The van der Waals surface area contributed by atoms with E-state index >= 15 is 0 Å². The number of amides is 1. The number of carbonyl (C=O) groups excluding carboxylic acids is 2. The maximum absolute atomic E-state index is 13.3. The number of aliphatic hydroxyl groups excluding tert-OH is 2. The normalized spacial score (nSPS) is 13.4. The highest BCUT2D eigenvalue weighted by Crippen LogP contribution is 2.18. The Morgan fingerprint density at radius 1 is 0.426 bits per heavy atom. The fourth-order valence-corrected chi connectivity index (χ4v) is 9.13. The fourth-order valence-electron chi connectivity index (χ4n) is 9.13. The number of carbonyl (C=O) groups is 2. The smallest absolute Gasteiger partial charge is 0.306 e. The molecule has 0 saturated carbocycles. The van der Waals surface area contributed by atoms with Gasteiger partial charge in [0.1, 0.15) is 6.10 Å². The van der Waals surface area contributed by atoms with E-state index < -0.39 is 18.2 Å². The molecule has 0 aliphatic rings. The summed E-state index contributed by atoms with van der Waals surface area (Å²) in [4.78, 5) is 26.3. The van der Waals surface area contributed by atoms with Gasteiger partial charge in [0.25, 0.3) is 0 Å². The number of ether oxygens (including phenoxy) is 1. The zero-order valence-corrected chi connectivity index (χ0v) is 45.5. The Morgan fingerprint density at radius 2 is 0.750 bits per heavy atom. The van der Waals surface area contributed by atoms with Crippen LogP contribution in [0, 0.1) is 0 Å². The van der Waals surface area contributed by atoms with Crippen LogP contribution in [0.2, 0.25) is 0 Å². The molecule has 3 unspecified atom stereocenters. The lowest BCUT2D eigenvalue weighted by Crippen LogP contribution is -2.46. The van der Waals surface area contributed by atoms with Gasteiger partial charge in [-0.2, -0.15) is 0 Å². The molecule has 398 valence electrons. The van der Waals surface area contributed by atoms with E-state index in [1.807, 2.05) is 0 Å². The van der Waals surface area contributed by atoms with Crippen molar-refractivity contribution in [2.24, 2.45) is 0 Å². The van der Waals surface area contributed by atoms with Gasteiger partial charge >= 0.3 is 5.97 Å². The van der Waals surface area contributed by atoms with E-state index in [0.717, 1.165) is 77.0 Å². The first kappa shape index (κ1) is 65.8. The van der Waals surface area contributed by atoms with Crippen LogP contribution in [0.1, 0.15) is 310 Å². The van der Waals surface area contributed by atoms with E-state index in [1.165, 1.54) is 186 Å². The molecule has 0 bridgehead atoms. The van der Waals surface area contributed by atoms with Crippen LogP contribution in [0.15, 0.2) is 48.6 Å². The molecule has 0 rings (SSSR count). The highest BCUT2D eigenvalue weighted by atomic mass is 16.5. The second-order valence-electron chi connectivity index (χ2n) is 20.5. The largest absolute Gasteiger partial charge is 0.462 e. The lowest BCUT2D eigenvalue weighted by atomic mass is 10.0. The highest BCUT2D eigenvalue weighted by Gasteiger charge is 2.24. The second-order valence-corrected chi connectivity index (χ2v) is 20.5. The average Bonchev–Trinajstić information content (AvgIpc) is 3.33. The van der Waals surface area contributed by atoms with E-state index in [2.05, 4.69) is 74.7 Å². The van der Waals surface area contributed by atoms with E-state index in [-0.39, 0.29) is 24.9 Å². The summed E-state index contributed by atoms with van der Waals surface area (Å²) < 4.78 is 5.93. The number of aliphatic hydroxyl groups is 2. The van der Waals surface area contributed by atoms with E-state index in [9.17, 15) is 19.8 Å². The summed E-state index contributed by atoms with van der Waals surface area (Å²) in [6, 6.07) is -0.720. The summed E-state index contributed by atoms with van der Waals surface area (Å²) in [5.74, 6) is -0.528. The fraction of sp³-hybridized carbons (Fsp3) is 0.839. The lowest BCUT2D eigenvalue weighted by molar-refractivity contribution is -0.151. The summed E-state index contributed by atoms with van der Waals surface area (Å²) in [7, 11) is 0. The number of rotatable bonds is 54. The maximum atomic E-state index is 13.3. The average molecular weight is 955 g/mol. The van der Waals surface area contributed by atoms with Crippen LogP contribution in [0.4, 0.5) is 0 Å². The number of unbranched alkanes of at least 4 members (excludes halogenated alkanes) is 36. The van der Waals surface area contributed by atoms with Crippen molar-refractivity contribution in [3.63, 3.8) is 0 Å². The third kappa shape index (κ3) is 50.2. The van der Waals surface area contributed by atoms with Crippen LogP contribution >= 0.6 is 0 Å². The number of hydrogen-bond acceptors (Lipinski definition) is 5. The summed E-state index contributed by atoms with van der Waals surface area (Å²) in [5, 5.41) is 23.9. The zero-order chi connectivity index (χ0) is 49.5. The summed E-state index contributed by atoms with van der Waals surface area (Å²) in [5.41, 5.74) is 0. The standard InChI is InChI=1S/C62H115NO5/c1-4-7-10-13-16-19-22-25-28-30-32-34-37-40-43-46-49-52-55-62(67)68-58(53-50-47-44-41-38-35-27-24-21-18-15-12-9-6-3)56-61(66)63-59(57-64)60(65)54-51-48-45-42-39-36-33-31-29-26-23-20-17-14-11-8-5-2/h28,30,32,34-35,38,41,44,58-60,64-65H,4-27,29,31,33,36-37,39-40,42-43,45-57H2,1-3H3,(H,63,66)/b30-28+,34-32+,38-35+,44-41+. The minimum atomic E-state index is -0.803. The molecule has 0 aliphatic heterocycles. The van der Waals surface area contributed by atoms with Crippen LogP contribution in [0.5, 0.6) is 0 Å². The van der Waals surface area contributed by atoms with Crippen LogP contribution < -0.4 is 5.32 Å². The Morgan fingerprint density at radius 3 is 1.12 bits per heavy atom. The van der Waals surface area contributed by atoms with Gasteiger partial charge in [0.05, 0.1) is 25.2 Å². The Kier molecular flexibility index (Phi) is 54.0. The van der Waals surface area contributed by atoms with Crippen molar-refractivity contribution < 1.29 is 24.5 Å². The third-order valence-electron chi connectivity index (χ3n) is 13.7. The molecule has 6 nitrogen and oxygen atoms in total. The number of hydrogen-bond donors (Lipinski definition) is 3. The van der Waals surface area contributed by atoms with Gasteiger partial charge in [-0.1, -0.05) is 275 Å². The van der Waals surface area contributed by atoms with Gasteiger partial charge in [-0.3, -0.25) is 9.59 Å². The quantitative estimate of drug-likeness (QED) is 0.0321. The van der Waals surface area contributed by atoms with Crippen LogP contribution in [0.25, 0.3) is 0 Å². The van der Waals surface area contributed by atoms with Crippen LogP contribution in [-0.2, 0) is 14.3 Å². The summed E-state index contributed by atoms with van der Waals surface area (Å²) >= 11 is 0. The molecule has 0 heterocycles. The highest BCUT2D eigenvalue weighted by molar-refractivity contribution is 5.77.